The van der Waals surface area contributed by atoms with Gasteiger partial charge >= 0.3 is 5.97 Å². The first kappa shape index (κ1) is 22.7. The first-order valence-corrected chi connectivity index (χ1v) is 9.32. The molecule has 0 spiro atoms. The van der Waals surface area contributed by atoms with Crippen molar-refractivity contribution in [2.75, 3.05) is 0 Å². The molecule has 2 N–H and O–H groups in total. The van der Waals surface area contributed by atoms with Crippen molar-refractivity contribution in [2.45, 2.75) is 69.6 Å². The van der Waals surface area contributed by atoms with Crippen molar-refractivity contribution in [3.63, 3.8) is 0 Å². The van der Waals surface area contributed by atoms with Crippen molar-refractivity contribution in [2.24, 2.45) is 0 Å². The molecule has 0 fully saturated rings. The summed E-state index contributed by atoms with van der Waals surface area (Å²) in [6.07, 6.45) is 22.3. The van der Waals surface area contributed by atoms with Crippen LogP contribution >= 0.6 is 12.6 Å². The van der Waals surface area contributed by atoms with Crippen LogP contribution < -0.4 is 0 Å². The number of aliphatic carboxylic acids is 1. The number of rotatable bonds is 14. The normalized spacial score (nSPS) is 15.1. The van der Waals surface area contributed by atoms with Gasteiger partial charge in [-0.25, -0.2) is 0 Å². The quantitative estimate of drug-likeness (QED) is 0.176. The minimum atomic E-state index is -0.834. The molecule has 0 aliphatic heterocycles. The first-order chi connectivity index (χ1) is 11.6. The highest BCUT2D eigenvalue weighted by Crippen LogP contribution is 2.11. The van der Waals surface area contributed by atoms with Gasteiger partial charge in [-0.1, -0.05) is 68.4 Å². The highest BCUT2D eigenvalue weighted by atomic mass is 32.1. The molecular formula is C20H32O3S. The third-order valence-electron chi connectivity index (χ3n) is 3.48. The number of aliphatic hydroxyl groups excluding tert-OH is 1. The van der Waals surface area contributed by atoms with Crippen LogP contribution in [0.1, 0.15) is 58.3 Å². The van der Waals surface area contributed by atoms with Crippen LogP contribution in [0.5, 0.6) is 0 Å². The Bertz CT molecular complexity index is 425. The van der Waals surface area contributed by atoms with Crippen LogP contribution in [0.3, 0.4) is 0 Å². The van der Waals surface area contributed by atoms with E-state index in [-0.39, 0.29) is 11.7 Å². The van der Waals surface area contributed by atoms with Crippen LogP contribution in [-0.4, -0.2) is 27.5 Å². The molecule has 0 aliphatic carbocycles. The number of hydrogen-bond acceptors (Lipinski definition) is 3. The highest BCUT2D eigenvalue weighted by molar-refractivity contribution is 7.81. The van der Waals surface area contributed by atoms with Gasteiger partial charge in [0.2, 0.25) is 0 Å². The number of allylic oxidation sites excluding steroid dienone is 7. The molecular weight excluding hydrogens is 320 g/mol. The molecule has 0 aliphatic rings. The van der Waals surface area contributed by atoms with Gasteiger partial charge in [0.15, 0.2) is 0 Å². The van der Waals surface area contributed by atoms with E-state index in [0.29, 0.717) is 12.8 Å². The average molecular weight is 353 g/mol. The Morgan fingerprint density at radius 2 is 1.79 bits per heavy atom. The molecule has 24 heavy (non-hydrogen) atoms. The number of thiol groups is 1. The molecule has 0 saturated heterocycles. The van der Waals surface area contributed by atoms with Gasteiger partial charge in [0.05, 0.1) is 6.10 Å². The van der Waals surface area contributed by atoms with Crippen molar-refractivity contribution < 1.29 is 15.0 Å². The van der Waals surface area contributed by atoms with E-state index in [1.165, 1.54) is 25.7 Å². The SMILES string of the molecule is CCCCC/C=C/C/C=C/C=C/C=C/[C@H](S)[C@@H](O)CCCC(=O)O. The van der Waals surface area contributed by atoms with E-state index < -0.39 is 12.1 Å². The molecule has 2 atom stereocenters. The van der Waals surface area contributed by atoms with Gasteiger partial charge < -0.3 is 10.2 Å². The Hall–Kier alpha value is -1.26. The zero-order chi connectivity index (χ0) is 18.0. The van der Waals surface area contributed by atoms with Gasteiger partial charge in [-0.3, -0.25) is 4.79 Å². The van der Waals surface area contributed by atoms with Gasteiger partial charge in [-0.05, 0) is 32.1 Å². The average Bonchev–Trinajstić information content (AvgIpc) is 2.55. The van der Waals surface area contributed by atoms with Crippen molar-refractivity contribution in [3.8, 4) is 0 Å². The fourth-order valence-electron chi connectivity index (χ4n) is 2.03. The number of aliphatic hydroxyl groups is 1. The molecule has 4 heteroatoms. The molecule has 0 saturated carbocycles. The zero-order valence-corrected chi connectivity index (χ0v) is 15.6. The second-order valence-electron chi connectivity index (χ2n) is 5.74. The van der Waals surface area contributed by atoms with Crippen LogP contribution in [0.2, 0.25) is 0 Å². The minimum absolute atomic E-state index is 0.0824. The number of unbranched alkanes of at least 4 members (excludes halogenated alkanes) is 3. The van der Waals surface area contributed by atoms with Gasteiger partial charge in [-0.2, -0.15) is 12.6 Å². The summed E-state index contributed by atoms with van der Waals surface area (Å²) in [4.78, 5) is 10.4. The van der Waals surface area contributed by atoms with E-state index in [0.717, 1.165) is 6.42 Å². The van der Waals surface area contributed by atoms with Crippen molar-refractivity contribution in [1.29, 1.82) is 0 Å². The summed E-state index contributed by atoms with van der Waals surface area (Å²) in [6.45, 7) is 2.21. The minimum Gasteiger partial charge on any atom is -0.481 e. The number of carbonyl (C=O) groups is 1. The zero-order valence-electron chi connectivity index (χ0n) is 14.7. The number of hydrogen-bond donors (Lipinski definition) is 3. The third kappa shape index (κ3) is 15.6. The first-order valence-electron chi connectivity index (χ1n) is 8.80. The molecule has 0 aromatic heterocycles. The van der Waals surface area contributed by atoms with Crippen molar-refractivity contribution in [3.05, 3.63) is 48.6 Å². The fraction of sp³-hybridized carbons (Fsp3) is 0.550. The predicted molar refractivity (Wildman–Crippen MR) is 106 cm³/mol. The molecule has 0 bridgehead atoms. The van der Waals surface area contributed by atoms with Gasteiger partial charge in [0, 0.05) is 11.7 Å². The van der Waals surface area contributed by atoms with Gasteiger partial charge in [0.1, 0.15) is 0 Å². The molecule has 0 aromatic carbocycles. The van der Waals surface area contributed by atoms with Crippen LogP contribution in [0.4, 0.5) is 0 Å². The fourth-order valence-corrected chi connectivity index (χ4v) is 2.28. The summed E-state index contributed by atoms with van der Waals surface area (Å²) in [7, 11) is 0. The van der Waals surface area contributed by atoms with Crippen LogP contribution in [0.15, 0.2) is 48.6 Å². The second kappa shape index (κ2) is 16.6. The lowest BCUT2D eigenvalue weighted by molar-refractivity contribution is -0.137. The van der Waals surface area contributed by atoms with E-state index in [4.69, 9.17) is 5.11 Å². The molecule has 136 valence electrons. The maximum Gasteiger partial charge on any atom is 0.303 e. The van der Waals surface area contributed by atoms with Crippen molar-refractivity contribution in [1.82, 2.24) is 0 Å². The molecule has 0 radical (unpaired) electrons. The molecule has 0 heterocycles. The van der Waals surface area contributed by atoms with E-state index in [9.17, 15) is 9.90 Å². The summed E-state index contributed by atoms with van der Waals surface area (Å²) in [6, 6.07) is 0. The summed E-state index contributed by atoms with van der Waals surface area (Å²) in [5.41, 5.74) is 0. The van der Waals surface area contributed by atoms with E-state index in [2.05, 4.69) is 37.8 Å². The Kier molecular flexibility index (Phi) is 15.7. The Balaban J connectivity index is 3.81. The Morgan fingerprint density at radius 1 is 1.04 bits per heavy atom. The van der Waals surface area contributed by atoms with Crippen LogP contribution in [0, 0.1) is 0 Å². The molecule has 0 aromatic rings. The van der Waals surface area contributed by atoms with Crippen LogP contribution in [0.25, 0.3) is 0 Å². The van der Waals surface area contributed by atoms with E-state index in [1.807, 2.05) is 30.4 Å². The van der Waals surface area contributed by atoms with E-state index >= 15 is 0 Å². The summed E-state index contributed by atoms with van der Waals surface area (Å²) >= 11 is 4.31. The maximum absolute atomic E-state index is 10.4. The van der Waals surface area contributed by atoms with Crippen LogP contribution in [-0.2, 0) is 4.79 Å². The summed E-state index contributed by atoms with van der Waals surface area (Å²) in [5.74, 6) is -0.834. The topological polar surface area (TPSA) is 57.5 Å². The standard InChI is InChI=1S/C20H32O3S/c1-2-3-4-5-6-7-8-9-10-11-12-13-16-19(24)18(21)15-14-17-20(22)23/h6-7,9-13,16,18-19,21,24H,2-5,8,14-15,17H2,1H3,(H,22,23)/b7-6+,10-9+,12-11+,16-13+/t18-,19-/m0/s1. The lowest BCUT2D eigenvalue weighted by Gasteiger charge is -2.13. The van der Waals surface area contributed by atoms with Crippen molar-refractivity contribution >= 4 is 18.6 Å². The number of carboxylic acids is 1. The monoisotopic (exact) mass is 352 g/mol. The number of carboxylic acid groups (broad SMARTS) is 1. The maximum atomic E-state index is 10.4. The summed E-state index contributed by atoms with van der Waals surface area (Å²) in [5, 5.41) is 18.1. The molecule has 3 nitrogen and oxygen atoms in total. The lowest BCUT2D eigenvalue weighted by atomic mass is 10.1. The lowest BCUT2D eigenvalue weighted by Crippen LogP contribution is -2.19. The van der Waals surface area contributed by atoms with E-state index in [1.54, 1.807) is 0 Å². The molecule has 0 amide bonds. The highest BCUT2D eigenvalue weighted by Gasteiger charge is 2.12. The Labute approximate surface area is 152 Å². The second-order valence-corrected chi connectivity index (χ2v) is 6.34. The molecule has 0 unspecified atom stereocenters. The largest absolute Gasteiger partial charge is 0.481 e. The van der Waals surface area contributed by atoms with Gasteiger partial charge in [-0.15, -0.1) is 0 Å². The Morgan fingerprint density at radius 3 is 2.50 bits per heavy atom. The van der Waals surface area contributed by atoms with Gasteiger partial charge in [0.25, 0.3) is 0 Å². The summed E-state index contributed by atoms with van der Waals surface area (Å²) < 4.78 is 0. The predicted octanol–water partition coefficient (Wildman–Crippen LogP) is 5.10. The smallest absolute Gasteiger partial charge is 0.303 e. The third-order valence-corrected chi connectivity index (χ3v) is 3.99. The molecule has 0 rings (SSSR count).